The van der Waals surface area contributed by atoms with Crippen molar-refractivity contribution in [2.75, 3.05) is 19.8 Å². The predicted octanol–water partition coefficient (Wildman–Crippen LogP) is 7.32. The van der Waals surface area contributed by atoms with Gasteiger partial charge in [-0.1, -0.05) is 108 Å². The Labute approximate surface area is 276 Å². The number of aliphatic carboxylic acids is 1. The molecular formula is C34H60NO10P. The Hall–Kier alpha value is -2.30. The first-order chi connectivity index (χ1) is 22.1. The number of esters is 1. The van der Waals surface area contributed by atoms with Crippen LogP contribution in [0.3, 0.4) is 0 Å². The van der Waals surface area contributed by atoms with Crippen molar-refractivity contribution in [3.63, 3.8) is 0 Å². The number of carboxylic acids is 1. The number of phosphoric acid groups is 1. The number of carboxylic acid groups (broad SMARTS) is 1. The van der Waals surface area contributed by atoms with Gasteiger partial charge >= 0.3 is 19.8 Å². The van der Waals surface area contributed by atoms with Crippen LogP contribution in [-0.4, -0.2) is 64.9 Å². The van der Waals surface area contributed by atoms with Gasteiger partial charge in [0.2, 0.25) is 5.91 Å². The Morgan fingerprint density at radius 2 is 1.26 bits per heavy atom. The third-order valence-corrected chi connectivity index (χ3v) is 7.89. The summed E-state index contributed by atoms with van der Waals surface area (Å²) in [5, 5.41) is 21.6. The molecule has 0 bridgehead atoms. The SMILES string of the molecule is CC/C=C\C/C=C\C/C=C\CCCCCCCC(=O)NC(COP(=O)(O)OCC(O)COC(=O)CCCCCCCCC)C(=O)O. The second-order valence-electron chi connectivity index (χ2n) is 11.3. The predicted molar refractivity (Wildman–Crippen MR) is 180 cm³/mol. The molecule has 3 unspecified atom stereocenters. The van der Waals surface area contributed by atoms with Crippen LogP contribution in [0, 0.1) is 0 Å². The van der Waals surface area contributed by atoms with Crippen LogP contribution < -0.4 is 5.32 Å². The van der Waals surface area contributed by atoms with Crippen LogP contribution in [0.5, 0.6) is 0 Å². The molecule has 0 saturated heterocycles. The average Bonchev–Trinajstić information content (AvgIpc) is 3.02. The van der Waals surface area contributed by atoms with Crippen molar-refractivity contribution in [1.82, 2.24) is 5.32 Å². The summed E-state index contributed by atoms with van der Waals surface area (Å²) in [6.45, 7) is 2.37. The van der Waals surface area contributed by atoms with Crippen LogP contribution in [0.2, 0.25) is 0 Å². The van der Waals surface area contributed by atoms with Gasteiger partial charge in [0.05, 0.1) is 13.2 Å². The summed E-state index contributed by atoms with van der Waals surface area (Å²) in [4.78, 5) is 45.4. The van der Waals surface area contributed by atoms with E-state index in [1.807, 2.05) is 0 Å². The first-order valence-corrected chi connectivity index (χ1v) is 18.5. The maximum atomic E-state index is 12.2. The number of aliphatic hydroxyl groups excluding tert-OH is 1. The first-order valence-electron chi connectivity index (χ1n) is 17.0. The van der Waals surface area contributed by atoms with E-state index in [2.05, 4.69) is 55.6 Å². The minimum Gasteiger partial charge on any atom is -0.480 e. The van der Waals surface area contributed by atoms with Gasteiger partial charge in [0.15, 0.2) is 6.04 Å². The number of aliphatic hydroxyl groups is 1. The van der Waals surface area contributed by atoms with Crippen LogP contribution in [-0.2, 0) is 32.7 Å². The van der Waals surface area contributed by atoms with Gasteiger partial charge in [-0.15, -0.1) is 0 Å². The van der Waals surface area contributed by atoms with Crippen molar-refractivity contribution >= 4 is 25.7 Å². The lowest BCUT2D eigenvalue weighted by Crippen LogP contribution is -2.43. The van der Waals surface area contributed by atoms with Crippen molar-refractivity contribution in [3.8, 4) is 0 Å². The molecule has 0 fully saturated rings. The van der Waals surface area contributed by atoms with E-state index in [0.29, 0.717) is 12.8 Å². The number of phosphoric ester groups is 1. The molecule has 0 rings (SSSR count). The lowest BCUT2D eigenvalue weighted by Gasteiger charge is -2.18. The van der Waals surface area contributed by atoms with Crippen molar-refractivity contribution in [2.24, 2.45) is 0 Å². The van der Waals surface area contributed by atoms with Crippen LogP contribution in [0.1, 0.15) is 129 Å². The molecule has 4 N–H and O–H groups in total. The van der Waals surface area contributed by atoms with E-state index in [-0.39, 0.29) is 12.8 Å². The fourth-order valence-corrected chi connectivity index (χ4v) is 5.04. The summed E-state index contributed by atoms with van der Waals surface area (Å²) in [6, 6.07) is -1.55. The maximum absolute atomic E-state index is 12.2. The van der Waals surface area contributed by atoms with Gasteiger partial charge in [-0.2, -0.15) is 0 Å². The fraction of sp³-hybridized carbons (Fsp3) is 0.735. The van der Waals surface area contributed by atoms with Gasteiger partial charge in [-0.25, -0.2) is 9.36 Å². The normalized spacial score (nSPS) is 14.5. The third-order valence-electron chi connectivity index (χ3n) is 6.94. The van der Waals surface area contributed by atoms with Gasteiger partial charge in [-0.3, -0.25) is 18.6 Å². The zero-order valence-corrected chi connectivity index (χ0v) is 29.0. The number of amides is 1. The third kappa shape index (κ3) is 29.1. The molecule has 0 heterocycles. The zero-order chi connectivity index (χ0) is 34.3. The number of nitrogens with one attached hydrogen (secondary N) is 1. The molecule has 0 aliphatic heterocycles. The van der Waals surface area contributed by atoms with Crippen molar-refractivity contribution in [1.29, 1.82) is 0 Å². The van der Waals surface area contributed by atoms with Gasteiger partial charge in [-0.05, 0) is 44.9 Å². The fourth-order valence-electron chi connectivity index (χ4n) is 4.27. The molecule has 12 heteroatoms. The Kier molecular flexibility index (Phi) is 28.6. The van der Waals surface area contributed by atoms with Crippen LogP contribution >= 0.6 is 7.82 Å². The summed E-state index contributed by atoms with van der Waals surface area (Å²) >= 11 is 0. The molecule has 0 aromatic heterocycles. The van der Waals surface area contributed by atoms with E-state index in [0.717, 1.165) is 70.6 Å². The van der Waals surface area contributed by atoms with Gasteiger partial charge in [0.25, 0.3) is 0 Å². The summed E-state index contributed by atoms with van der Waals surface area (Å²) in [7, 11) is -4.74. The smallest absolute Gasteiger partial charge is 0.472 e. The summed E-state index contributed by atoms with van der Waals surface area (Å²) in [5.41, 5.74) is 0. The minimum atomic E-state index is -4.74. The monoisotopic (exact) mass is 673 g/mol. The van der Waals surface area contributed by atoms with Crippen molar-refractivity contribution < 1.29 is 47.8 Å². The van der Waals surface area contributed by atoms with E-state index in [4.69, 9.17) is 13.8 Å². The Bertz CT molecular complexity index is 937. The number of rotatable bonds is 31. The molecule has 11 nitrogen and oxygen atoms in total. The maximum Gasteiger partial charge on any atom is 0.472 e. The molecule has 0 radical (unpaired) electrons. The van der Waals surface area contributed by atoms with Crippen LogP contribution in [0.4, 0.5) is 0 Å². The molecule has 0 aliphatic rings. The van der Waals surface area contributed by atoms with E-state index < -0.39 is 57.6 Å². The first kappa shape index (κ1) is 43.7. The van der Waals surface area contributed by atoms with E-state index in [9.17, 15) is 34.1 Å². The molecule has 0 aromatic carbocycles. The van der Waals surface area contributed by atoms with Gasteiger partial charge < -0.3 is 25.2 Å². The molecule has 0 saturated carbocycles. The largest absolute Gasteiger partial charge is 0.480 e. The Balaban J connectivity index is 4.06. The lowest BCUT2D eigenvalue weighted by atomic mass is 10.1. The highest BCUT2D eigenvalue weighted by atomic mass is 31.2. The summed E-state index contributed by atoms with van der Waals surface area (Å²) in [5.74, 6) is -2.41. The molecule has 0 spiro atoms. The second kappa shape index (κ2) is 30.1. The number of hydrogen-bond donors (Lipinski definition) is 4. The number of unbranched alkanes of at least 4 members (excludes halogenated alkanes) is 11. The number of ether oxygens (including phenoxy) is 1. The quantitative estimate of drug-likeness (QED) is 0.0253. The van der Waals surface area contributed by atoms with Crippen LogP contribution in [0.15, 0.2) is 36.5 Å². The number of hydrogen-bond acceptors (Lipinski definition) is 8. The number of allylic oxidation sites excluding steroid dienone is 6. The highest BCUT2D eigenvalue weighted by Crippen LogP contribution is 2.43. The molecule has 46 heavy (non-hydrogen) atoms. The molecule has 0 aliphatic carbocycles. The number of carbonyl (C=O) groups excluding carboxylic acids is 2. The lowest BCUT2D eigenvalue weighted by molar-refractivity contribution is -0.147. The summed E-state index contributed by atoms with van der Waals surface area (Å²) in [6.07, 6.45) is 27.8. The highest BCUT2D eigenvalue weighted by molar-refractivity contribution is 7.47. The highest BCUT2D eigenvalue weighted by Gasteiger charge is 2.28. The van der Waals surface area contributed by atoms with Crippen molar-refractivity contribution in [3.05, 3.63) is 36.5 Å². The Morgan fingerprint density at radius 1 is 0.717 bits per heavy atom. The van der Waals surface area contributed by atoms with Gasteiger partial charge in [0.1, 0.15) is 12.7 Å². The van der Waals surface area contributed by atoms with E-state index in [1.54, 1.807) is 0 Å². The van der Waals surface area contributed by atoms with Crippen molar-refractivity contribution in [2.45, 2.75) is 142 Å². The average molecular weight is 674 g/mol. The standard InChI is InChI=1S/C34H60NO10P/c1-3-5-7-9-11-12-13-14-15-16-17-18-20-21-23-25-32(37)35-31(34(39)40)29-45-46(41,42)44-28-30(36)27-43-33(38)26-24-22-19-10-8-6-4-2/h5,7,11-12,14-15,30-31,36H,3-4,6,8-10,13,16-29H2,1-2H3,(H,35,37)(H,39,40)(H,41,42)/b7-5-,12-11-,15-14-. The Morgan fingerprint density at radius 3 is 1.89 bits per heavy atom. The van der Waals surface area contributed by atoms with Crippen LogP contribution in [0.25, 0.3) is 0 Å². The molecule has 1 amide bonds. The number of carbonyl (C=O) groups is 3. The molecule has 3 atom stereocenters. The minimum absolute atomic E-state index is 0.126. The molecule has 266 valence electrons. The van der Waals surface area contributed by atoms with E-state index in [1.165, 1.54) is 19.3 Å². The zero-order valence-electron chi connectivity index (χ0n) is 28.1. The second-order valence-corrected chi connectivity index (χ2v) is 12.8. The van der Waals surface area contributed by atoms with E-state index >= 15 is 0 Å². The molecule has 0 aromatic rings. The van der Waals surface area contributed by atoms with Gasteiger partial charge in [0, 0.05) is 12.8 Å². The topological polar surface area (TPSA) is 169 Å². The molecular weight excluding hydrogens is 613 g/mol. The summed E-state index contributed by atoms with van der Waals surface area (Å²) < 4.78 is 26.5.